The Morgan fingerprint density at radius 3 is 2.50 bits per heavy atom. The number of hydrogen-bond acceptors (Lipinski definition) is 2. The van der Waals surface area contributed by atoms with Gasteiger partial charge in [0.2, 0.25) is 0 Å². The van der Waals surface area contributed by atoms with Gasteiger partial charge < -0.3 is 9.52 Å². The Kier molecular flexibility index (Phi) is 2.65. The molecule has 0 bridgehead atoms. The smallest absolute Gasteiger partial charge is 0.138 e. The van der Waals surface area contributed by atoms with Crippen molar-refractivity contribution in [3.63, 3.8) is 0 Å². The molecule has 0 amide bonds. The van der Waals surface area contributed by atoms with Crippen molar-refractivity contribution in [1.29, 1.82) is 0 Å². The lowest BCUT2D eigenvalue weighted by Gasteiger charge is -2.10. The van der Waals surface area contributed by atoms with Gasteiger partial charge in [-0.3, -0.25) is 0 Å². The molecule has 0 radical (unpaired) electrons. The third-order valence-corrected chi connectivity index (χ3v) is 3.20. The fourth-order valence-electron chi connectivity index (χ4n) is 2.18. The molecule has 18 heavy (non-hydrogen) atoms. The number of aryl methyl sites for hydroxylation is 1. The molecule has 1 aromatic heterocycles. The molecule has 1 atom stereocenters. The quantitative estimate of drug-likeness (QED) is 0.736. The van der Waals surface area contributed by atoms with Gasteiger partial charge in [-0.05, 0) is 30.2 Å². The number of furan rings is 1. The highest BCUT2D eigenvalue weighted by atomic mass is 16.4. The Morgan fingerprint density at radius 1 is 1.00 bits per heavy atom. The zero-order valence-electron chi connectivity index (χ0n) is 10.1. The van der Waals surface area contributed by atoms with E-state index >= 15 is 0 Å². The van der Waals surface area contributed by atoms with Gasteiger partial charge in [-0.1, -0.05) is 42.5 Å². The molecule has 2 heteroatoms. The number of benzene rings is 2. The van der Waals surface area contributed by atoms with Crippen LogP contribution in [0.2, 0.25) is 0 Å². The summed E-state index contributed by atoms with van der Waals surface area (Å²) in [5.41, 5.74) is 2.75. The number of fused-ring (bicyclic) bond motifs is 1. The zero-order chi connectivity index (χ0) is 12.5. The Hall–Kier alpha value is -2.06. The predicted molar refractivity (Wildman–Crippen MR) is 71.5 cm³/mol. The molecule has 0 spiro atoms. The monoisotopic (exact) mass is 238 g/mol. The van der Waals surface area contributed by atoms with E-state index in [0.29, 0.717) is 5.76 Å². The van der Waals surface area contributed by atoms with Crippen molar-refractivity contribution in [2.24, 2.45) is 0 Å². The second-order valence-corrected chi connectivity index (χ2v) is 4.45. The Balaban J connectivity index is 2.07. The van der Waals surface area contributed by atoms with Crippen molar-refractivity contribution >= 4 is 11.0 Å². The molecular formula is C16H14O2. The molecule has 3 rings (SSSR count). The lowest BCUT2D eigenvalue weighted by atomic mass is 10.0. The first-order chi connectivity index (χ1) is 8.75. The summed E-state index contributed by atoms with van der Waals surface area (Å²) < 4.78 is 5.69. The van der Waals surface area contributed by atoms with E-state index < -0.39 is 6.10 Å². The highest BCUT2D eigenvalue weighted by Crippen LogP contribution is 2.29. The van der Waals surface area contributed by atoms with E-state index in [2.05, 4.69) is 0 Å². The summed E-state index contributed by atoms with van der Waals surface area (Å²) in [6, 6.07) is 17.5. The van der Waals surface area contributed by atoms with Crippen molar-refractivity contribution in [1.82, 2.24) is 0 Å². The van der Waals surface area contributed by atoms with Crippen LogP contribution in [0, 0.1) is 6.92 Å². The largest absolute Gasteiger partial charge is 0.458 e. The molecule has 90 valence electrons. The van der Waals surface area contributed by atoms with Crippen LogP contribution >= 0.6 is 0 Å². The molecule has 0 aliphatic heterocycles. The van der Waals surface area contributed by atoms with Crippen LogP contribution in [0.1, 0.15) is 23.0 Å². The van der Waals surface area contributed by atoms with Crippen LogP contribution in [-0.2, 0) is 0 Å². The number of para-hydroxylation sites is 1. The lowest BCUT2D eigenvalue weighted by Crippen LogP contribution is -2.00. The third-order valence-electron chi connectivity index (χ3n) is 3.20. The number of hydrogen-bond donors (Lipinski definition) is 1. The average Bonchev–Trinajstić information content (AvgIpc) is 2.82. The first-order valence-electron chi connectivity index (χ1n) is 5.98. The van der Waals surface area contributed by atoms with Crippen LogP contribution in [0.25, 0.3) is 11.0 Å². The molecule has 1 N–H and O–H groups in total. The van der Waals surface area contributed by atoms with Gasteiger partial charge in [-0.15, -0.1) is 0 Å². The van der Waals surface area contributed by atoms with Crippen molar-refractivity contribution in [2.75, 3.05) is 0 Å². The Morgan fingerprint density at radius 2 is 1.72 bits per heavy atom. The van der Waals surface area contributed by atoms with Crippen molar-refractivity contribution in [3.8, 4) is 0 Å². The minimum atomic E-state index is -0.710. The van der Waals surface area contributed by atoms with E-state index in [1.807, 2.05) is 61.5 Å². The Labute approximate surface area is 105 Å². The van der Waals surface area contributed by atoms with Gasteiger partial charge in [0.1, 0.15) is 17.4 Å². The van der Waals surface area contributed by atoms with E-state index in [1.165, 1.54) is 0 Å². The second-order valence-electron chi connectivity index (χ2n) is 4.45. The van der Waals surface area contributed by atoms with Crippen LogP contribution in [0.4, 0.5) is 0 Å². The summed E-state index contributed by atoms with van der Waals surface area (Å²) >= 11 is 0. The number of rotatable bonds is 2. The van der Waals surface area contributed by atoms with E-state index in [4.69, 9.17) is 4.42 Å². The summed E-state index contributed by atoms with van der Waals surface area (Å²) in [7, 11) is 0. The highest BCUT2D eigenvalue weighted by Gasteiger charge is 2.16. The van der Waals surface area contributed by atoms with Crippen LogP contribution < -0.4 is 0 Å². The molecule has 0 saturated heterocycles. The molecule has 0 aliphatic rings. The number of aliphatic hydroxyl groups is 1. The summed E-state index contributed by atoms with van der Waals surface area (Å²) in [5, 5.41) is 11.4. The standard InChI is InChI=1S/C16H14O2/c1-11-6-2-4-8-13(11)16(17)15-10-12-7-3-5-9-14(12)18-15/h2-10,16-17H,1H3. The maximum absolute atomic E-state index is 10.4. The lowest BCUT2D eigenvalue weighted by molar-refractivity contribution is 0.191. The maximum atomic E-state index is 10.4. The molecule has 3 aromatic rings. The van der Waals surface area contributed by atoms with Gasteiger partial charge in [0.05, 0.1) is 0 Å². The molecular weight excluding hydrogens is 224 g/mol. The summed E-state index contributed by atoms with van der Waals surface area (Å²) in [6.45, 7) is 1.99. The molecule has 0 fully saturated rings. The van der Waals surface area contributed by atoms with Gasteiger partial charge in [-0.25, -0.2) is 0 Å². The van der Waals surface area contributed by atoms with Gasteiger partial charge in [0.15, 0.2) is 0 Å². The fourth-order valence-corrected chi connectivity index (χ4v) is 2.18. The van der Waals surface area contributed by atoms with E-state index in [-0.39, 0.29) is 0 Å². The van der Waals surface area contributed by atoms with E-state index in [1.54, 1.807) is 0 Å². The predicted octanol–water partition coefficient (Wildman–Crippen LogP) is 3.82. The number of aliphatic hydroxyl groups excluding tert-OH is 1. The highest BCUT2D eigenvalue weighted by molar-refractivity contribution is 5.77. The van der Waals surface area contributed by atoms with Gasteiger partial charge in [-0.2, -0.15) is 0 Å². The normalized spacial score (nSPS) is 12.8. The van der Waals surface area contributed by atoms with Gasteiger partial charge >= 0.3 is 0 Å². The average molecular weight is 238 g/mol. The molecule has 2 nitrogen and oxygen atoms in total. The van der Waals surface area contributed by atoms with Crippen molar-refractivity contribution < 1.29 is 9.52 Å². The molecule has 1 unspecified atom stereocenters. The second kappa shape index (κ2) is 4.31. The van der Waals surface area contributed by atoms with Crippen LogP contribution in [0.5, 0.6) is 0 Å². The van der Waals surface area contributed by atoms with E-state index in [0.717, 1.165) is 22.1 Å². The third kappa shape index (κ3) is 1.81. The summed E-state index contributed by atoms with van der Waals surface area (Å²) in [6.07, 6.45) is -0.710. The van der Waals surface area contributed by atoms with Crippen LogP contribution in [0.15, 0.2) is 59.0 Å². The minimum Gasteiger partial charge on any atom is -0.458 e. The molecule has 1 heterocycles. The summed E-state index contributed by atoms with van der Waals surface area (Å²) in [4.78, 5) is 0. The first-order valence-corrected chi connectivity index (χ1v) is 5.98. The molecule has 0 aliphatic carbocycles. The van der Waals surface area contributed by atoms with E-state index in [9.17, 15) is 5.11 Å². The van der Waals surface area contributed by atoms with Crippen LogP contribution in [0.3, 0.4) is 0 Å². The SMILES string of the molecule is Cc1ccccc1C(O)c1cc2ccccc2o1. The molecule has 0 saturated carbocycles. The first kappa shape index (κ1) is 11.1. The van der Waals surface area contributed by atoms with Crippen molar-refractivity contribution in [3.05, 3.63) is 71.5 Å². The fraction of sp³-hybridized carbons (Fsp3) is 0.125. The topological polar surface area (TPSA) is 33.4 Å². The van der Waals surface area contributed by atoms with Gasteiger partial charge in [0.25, 0.3) is 0 Å². The van der Waals surface area contributed by atoms with Gasteiger partial charge in [0, 0.05) is 5.39 Å². The zero-order valence-corrected chi connectivity index (χ0v) is 10.1. The summed E-state index contributed by atoms with van der Waals surface area (Å²) in [5.74, 6) is 0.588. The minimum absolute atomic E-state index is 0.588. The van der Waals surface area contributed by atoms with Crippen molar-refractivity contribution in [2.45, 2.75) is 13.0 Å². The Bertz CT molecular complexity index is 649. The molecule has 2 aromatic carbocycles. The van der Waals surface area contributed by atoms with Crippen LogP contribution in [-0.4, -0.2) is 5.11 Å². The maximum Gasteiger partial charge on any atom is 0.138 e.